The van der Waals surface area contributed by atoms with E-state index in [1.54, 1.807) is 0 Å². The number of amides is 1. The number of carbonyl (C=O) groups is 1. The molecule has 0 aliphatic heterocycles. The maximum atomic E-state index is 13.4. The Bertz CT molecular complexity index is 1170. The Hall–Kier alpha value is -3.89. The summed E-state index contributed by atoms with van der Waals surface area (Å²) in [5.74, 6) is -0.506. The number of hydrogen-bond donors (Lipinski definition) is 2. The minimum Gasteiger partial charge on any atom is -0.378 e. The fourth-order valence-electron chi connectivity index (χ4n) is 4.22. The first kappa shape index (κ1) is 21.3. The van der Waals surface area contributed by atoms with E-state index in [1.807, 2.05) is 122 Å². The minimum atomic E-state index is -1.21. The van der Waals surface area contributed by atoms with Gasteiger partial charge in [-0.1, -0.05) is 97.1 Å². The summed E-state index contributed by atoms with van der Waals surface area (Å²) in [6.07, 6.45) is 0. The zero-order chi connectivity index (χ0) is 22.6. The zero-order valence-corrected chi connectivity index (χ0v) is 18.2. The molecular formula is C28H26N2O2. The minimum absolute atomic E-state index is 0.506. The Labute approximate surface area is 188 Å². The van der Waals surface area contributed by atoms with E-state index in [9.17, 15) is 10.0 Å². The summed E-state index contributed by atoms with van der Waals surface area (Å²) in [6.45, 7) is 0. The summed E-state index contributed by atoms with van der Waals surface area (Å²) >= 11 is 0. The predicted octanol–water partition coefficient (Wildman–Crippen LogP) is 5.26. The van der Waals surface area contributed by atoms with E-state index >= 15 is 0 Å². The van der Waals surface area contributed by atoms with Crippen LogP contribution in [0.3, 0.4) is 0 Å². The highest BCUT2D eigenvalue weighted by Gasteiger charge is 2.44. The molecule has 1 unspecified atom stereocenters. The van der Waals surface area contributed by atoms with Gasteiger partial charge in [-0.2, -0.15) is 0 Å². The Morgan fingerprint density at radius 2 is 1.09 bits per heavy atom. The van der Waals surface area contributed by atoms with Crippen molar-refractivity contribution in [2.24, 2.45) is 0 Å². The lowest BCUT2D eigenvalue weighted by Gasteiger charge is -2.34. The molecule has 4 nitrogen and oxygen atoms in total. The molecule has 0 spiro atoms. The highest BCUT2D eigenvalue weighted by atomic mass is 16.5. The second-order valence-electron chi connectivity index (χ2n) is 7.94. The molecule has 4 rings (SSSR count). The third-order valence-electron chi connectivity index (χ3n) is 5.89. The molecule has 4 aromatic carbocycles. The van der Waals surface area contributed by atoms with Crippen molar-refractivity contribution in [1.29, 1.82) is 0 Å². The van der Waals surface area contributed by atoms with Gasteiger partial charge in [0.25, 0.3) is 5.91 Å². The van der Waals surface area contributed by atoms with Gasteiger partial charge in [0.05, 0.1) is 0 Å². The van der Waals surface area contributed by atoms with E-state index in [2.05, 4.69) is 12.1 Å². The van der Waals surface area contributed by atoms with E-state index in [4.69, 9.17) is 0 Å². The van der Waals surface area contributed by atoms with Crippen LogP contribution >= 0.6 is 0 Å². The van der Waals surface area contributed by atoms with Crippen molar-refractivity contribution >= 4 is 11.6 Å². The second kappa shape index (κ2) is 9.08. The van der Waals surface area contributed by atoms with E-state index in [1.165, 1.54) is 0 Å². The number of rotatable bonds is 6. The quantitative estimate of drug-likeness (QED) is 0.253. The summed E-state index contributed by atoms with van der Waals surface area (Å²) in [5, 5.41) is 9.82. The largest absolute Gasteiger partial charge is 0.378 e. The summed E-state index contributed by atoms with van der Waals surface area (Å²) in [4.78, 5) is 15.4. The first-order valence-electron chi connectivity index (χ1n) is 10.5. The molecule has 0 saturated carbocycles. The van der Waals surface area contributed by atoms with Crippen LogP contribution in [0, 0.1) is 0 Å². The van der Waals surface area contributed by atoms with Crippen LogP contribution in [0.1, 0.15) is 16.7 Å². The van der Waals surface area contributed by atoms with Gasteiger partial charge in [0.2, 0.25) is 0 Å². The summed E-state index contributed by atoms with van der Waals surface area (Å²) in [7, 11) is 3.95. The van der Waals surface area contributed by atoms with Crippen LogP contribution in [0.15, 0.2) is 109 Å². The maximum Gasteiger partial charge on any atom is 0.262 e. The van der Waals surface area contributed by atoms with Crippen LogP contribution in [0.4, 0.5) is 5.69 Å². The van der Waals surface area contributed by atoms with Crippen molar-refractivity contribution in [2.75, 3.05) is 19.0 Å². The molecule has 160 valence electrons. The number of anilines is 1. The van der Waals surface area contributed by atoms with E-state index in [0.29, 0.717) is 0 Å². The SMILES string of the molecule is CN(C)c1ccc(C(C(=O)NO)(c2ccccc2)c2ccc(-c3ccccc3)cc2)cc1. The molecule has 0 radical (unpaired) electrons. The van der Waals surface area contributed by atoms with Crippen molar-refractivity contribution in [3.63, 3.8) is 0 Å². The second-order valence-corrected chi connectivity index (χ2v) is 7.94. The Morgan fingerprint density at radius 1 is 0.656 bits per heavy atom. The average molecular weight is 423 g/mol. The lowest BCUT2D eigenvalue weighted by Crippen LogP contribution is -2.45. The van der Waals surface area contributed by atoms with Crippen LogP contribution < -0.4 is 10.4 Å². The maximum absolute atomic E-state index is 13.4. The summed E-state index contributed by atoms with van der Waals surface area (Å²) < 4.78 is 0. The highest BCUT2D eigenvalue weighted by Crippen LogP contribution is 2.40. The fourth-order valence-corrected chi connectivity index (χ4v) is 4.22. The molecule has 0 aliphatic carbocycles. The number of hydroxylamine groups is 1. The van der Waals surface area contributed by atoms with Gasteiger partial charge in [-0.15, -0.1) is 0 Å². The number of benzene rings is 4. The summed E-state index contributed by atoms with van der Waals surface area (Å²) in [6, 6.07) is 35.5. The van der Waals surface area contributed by atoms with Crippen LogP contribution in [-0.2, 0) is 10.2 Å². The van der Waals surface area contributed by atoms with Gasteiger partial charge >= 0.3 is 0 Å². The molecule has 32 heavy (non-hydrogen) atoms. The topological polar surface area (TPSA) is 52.6 Å². The van der Waals surface area contributed by atoms with E-state index < -0.39 is 11.3 Å². The fraction of sp³-hybridized carbons (Fsp3) is 0.107. The third kappa shape index (κ3) is 3.77. The standard InChI is InChI=1S/C28H26N2O2/c1-30(2)26-19-17-25(18-20-26)28(27(31)29-32,23-11-7-4-8-12-23)24-15-13-22(14-16-24)21-9-5-3-6-10-21/h3-20,32H,1-2H3,(H,29,31). The van der Waals surface area contributed by atoms with Gasteiger partial charge < -0.3 is 4.90 Å². The van der Waals surface area contributed by atoms with Crippen molar-refractivity contribution in [1.82, 2.24) is 5.48 Å². The molecular weight excluding hydrogens is 396 g/mol. The lowest BCUT2D eigenvalue weighted by atomic mass is 9.68. The van der Waals surface area contributed by atoms with Crippen molar-refractivity contribution in [3.8, 4) is 11.1 Å². The normalized spacial score (nSPS) is 12.6. The summed E-state index contributed by atoms with van der Waals surface area (Å²) in [5.41, 5.74) is 6.23. The first-order chi connectivity index (χ1) is 15.6. The Kier molecular flexibility index (Phi) is 6.06. The van der Waals surface area contributed by atoms with Gasteiger partial charge in [0.1, 0.15) is 5.41 Å². The van der Waals surface area contributed by atoms with Crippen LogP contribution in [0.25, 0.3) is 11.1 Å². The molecule has 0 aliphatic rings. The van der Waals surface area contributed by atoms with E-state index in [-0.39, 0.29) is 0 Å². The Balaban J connectivity index is 1.93. The molecule has 0 aromatic heterocycles. The Morgan fingerprint density at radius 3 is 1.59 bits per heavy atom. The van der Waals surface area contributed by atoms with Gasteiger partial charge in [-0.25, -0.2) is 5.48 Å². The molecule has 0 heterocycles. The van der Waals surface area contributed by atoms with Gasteiger partial charge in [0, 0.05) is 19.8 Å². The molecule has 2 N–H and O–H groups in total. The van der Waals surface area contributed by atoms with Crippen molar-refractivity contribution < 1.29 is 10.0 Å². The van der Waals surface area contributed by atoms with Crippen molar-refractivity contribution in [2.45, 2.75) is 5.41 Å². The van der Waals surface area contributed by atoms with Crippen LogP contribution in [0.2, 0.25) is 0 Å². The highest BCUT2D eigenvalue weighted by molar-refractivity contribution is 5.95. The number of carbonyl (C=O) groups excluding carboxylic acids is 1. The molecule has 0 bridgehead atoms. The molecule has 4 heteroatoms. The monoisotopic (exact) mass is 422 g/mol. The van der Waals surface area contributed by atoms with Gasteiger partial charge in [-0.05, 0) is 39.9 Å². The van der Waals surface area contributed by atoms with Gasteiger partial charge in [0.15, 0.2) is 0 Å². The molecule has 0 saturated heterocycles. The number of hydrogen-bond acceptors (Lipinski definition) is 3. The number of nitrogens with zero attached hydrogens (tertiary/aromatic N) is 1. The van der Waals surface area contributed by atoms with Crippen molar-refractivity contribution in [3.05, 3.63) is 126 Å². The van der Waals surface area contributed by atoms with E-state index in [0.717, 1.165) is 33.5 Å². The first-order valence-corrected chi connectivity index (χ1v) is 10.5. The van der Waals surface area contributed by atoms with Gasteiger partial charge in [-0.3, -0.25) is 10.0 Å². The smallest absolute Gasteiger partial charge is 0.262 e. The van der Waals surface area contributed by atoms with Crippen LogP contribution in [-0.4, -0.2) is 25.2 Å². The molecule has 1 atom stereocenters. The van der Waals surface area contributed by atoms with Crippen LogP contribution in [0.5, 0.6) is 0 Å². The molecule has 1 amide bonds. The number of nitrogens with one attached hydrogen (secondary N) is 1. The third-order valence-corrected chi connectivity index (χ3v) is 5.89. The lowest BCUT2D eigenvalue weighted by molar-refractivity contribution is -0.132. The zero-order valence-electron chi connectivity index (χ0n) is 18.2. The molecule has 4 aromatic rings. The molecule has 0 fully saturated rings. The average Bonchev–Trinajstić information content (AvgIpc) is 2.86. The predicted molar refractivity (Wildman–Crippen MR) is 129 cm³/mol.